The van der Waals surface area contributed by atoms with Gasteiger partial charge in [0.05, 0.1) is 18.1 Å². The SMILES string of the molecule is COc1ccc2c3cnccc3n(Cc3ccc(SN)cc3)c2c1. The summed E-state index contributed by atoms with van der Waals surface area (Å²) in [6.07, 6.45) is 3.76. The number of nitrogens with two attached hydrogens (primary N) is 1. The smallest absolute Gasteiger partial charge is 0.120 e. The standard InChI is InChI=1S/C19H17N3OS/c1-23-14-4-7-16-17-11-21-9-8-18(17)22(19(16)10-14)12-13-2-5-15(24-20)6-3-13/h2-11H,12,20H2,1H3. The summed E-state index contributed by atoms with van der Waals surface area (Å²) in [7, 11) is 1.69. The number of fused-ring (bicyclic) bond motifs is 3. The molecule has 0 aliphatic heterocycles. The minimum absolute atomic E-state index is 0.784. The van der Waals surface area contributed by atoms with E-state index in [0.717, 1.165) is 28.1 Å². The van der Waals surface area contributed by atoms with Gasteiger partial charge in [-0.25, -0.2) is 0 Å². The van der Waals surface area contributed by atoms with Gasteiger partial charge in [0.25, 0.3) is 0 Å². The number of pyridine rings is 1. The third-order valence-corrected chi connectivity index (χ3v) is 4.82. The van der Waals surface area contributed by atoms with Crippen molar-refractivity contribution >= 4 is 33.8 Å². The number of hydrogen-bond acceptors (Lipinski definition) is 4. The molecule has 4 aromatic rings. The van der Waals surface area contributed by atoms with E-state index in [1.165, 1.54) is 28.4 Å². The molecule has 2 N–H and O–H groups in total. The molecule has 2 heterocycles. The minimum atomic E-state index is 0.784. The van der Waals surface area contributed by atoms with Crippen molar-refractivity contribution in [3.05, 3.63) is 66.5 Å². The Morgan fingerprint density at radius 3 is 2.62 bits per heavy atom. The van der Waals surface area contributed by atoms with E-state index < -0.39 is 0 Å². The molecule has 0 unspecified atom stereocenters. The van der Waals surface area contributed by atoms with Gasteiger partial charge in [-0.1, -0.05) is 12.1 Å². The molecule has 0 spiro atoms. The fourth-order valence-electron chi connectivity index (χ4n) is 3.08. The van der Waals surface area contributed by atoms with Crippen LogP contribution in [0.2, 0.25) is 0 Å². The first-order valence-electron chi connectivity index (χ1n) is 7.66. The van der Waals surface area contributed by atoms with Crippen molar-refractivity contribution in [1.29, 1.82) is 0 Å². The van der Waals surface area contributed by atoms with Crippen LogP contribution in [-0.2, 0) is 6.54 Å². The molecule has 4 rings (SSSR count). The van der Waals surface area contributed by atoms with Gasteiger partial charge < -0.3 is 9.30 Å². The summed E-state index contributed by atoms with van der Waals surface area (Å²) in [5.41, 5.74) is 3.55. The van der Waals surface area contributed by atoms with Gasteiger partial charge in [0.2, 0.25) is 0 Å². The maximum atomic E-state index is 5.61. The zero-order valence-electron chi connectivity index (χ0n) is 13.3. The molecular weight excluding hydrogens is 318 g/mol. The second-order valence-electron chi connectivity index (χ2n) is 5.62. The summed E-state index contributed by atoms with van der Waals surface area (Å²) in [6, 6.07) is 16.6. The van der Waals surface area contributed by atoms with Crippen molar-refractivity contribution in [1.82, 2.24) is 9.55 Å². The van der Waals surface area contributed by atoms with Crippen LogP contribution in [0, 0.1) is 0 Å². The van der Waals surface area contributed by atoms with Crippen molar-refractivity contribution in [3.63, 3.8) is 0 Å². The van der Waals surface area contributed by atoms with Crippen molar-refractivity contribution < 1.29 is 4.74 Å². The number of benzene rings is 2. The van der Waals surface area contributed by atoms with Crippen LogP contribution in [0.25, 0.3) is 21.8 Å². The van der Waals surface area contributed by atoms with E-state index in [1.54, 1.807) is 7.11 Å². The molecule has 24 heavy (non-hydrogen) atoms. The quantitative estimate of drug-likeness (QED) is 0.568. The van der Waals surface area contributed by atoms with E-state index in [1.807, 2.05) is 18.5 Å². The predicted molar refractivity (Wildman–Crippen MR) is 99.4 cm³/mol. The highest BCUT2D eigenvalue weighted by molar-refractivity contribution is 7.97. The number of aromatic nitrogens is 2. The first-order valence-corrected chi connectivity index (χ1v) is 8.54. The molecule has 0 radical (unpaired) electrons. The van der Waals surface area contributed by atoms with E-state index in [-0.39, 0.29) is 0 Å². The Kier molecular flexibility index (Phi) is 3.88. The fraction of sp³-hybridized carbons (Fsp3) is 0.105. The number of hydrogen-bond donors (Lipinski definition) is 1. The third kappa shape index (κ3) is 2.52. The molecule has 0 fully saturated rings. The largest absolute Gasteiger partial charge is 0.497 e. The molecule has 4 nitrogen and oxygen atoms in total. The van der Waals surface area contributed by atoms with Crippen molar-refractivity contribution in [3.8, 4) is 5.75 Å². The van der Waals surface area contributed by atoms with Crippen LogP contribution in [0.4, 0.5) is 0 Å². The normalized spacial score (nSPS) is 11.2. The Balaban J connectivity index is 1.90. The lowest BCUT2D eigenvalue weighted by molar-refractivity contribution is 0.415. The lowest BCUT2D eigenvalue weighted by Crippen LogP contribution is -1.99. The summed E-state index contributed by atoms with van der Waals surface area (Å²) >= 11 is 1.26. The Hall–Kier alpha value is -2.50. The van der Waals surface area contributed by atoms with Crippen molar-refractivity contribution in [2.45, 2.75) is 11.4 Å². The summed E-state index contributed by atoms with van der Waals surface area (Å²) in [4.78, 5) is 5.35. The van der Waals surface area contributed by atoms with E-state index in [4.69, 9.17) is 9.88 Å². The zero-order valence-corrected chi connectivity index (χ0v) is 14.1. The lowest BCUT2D eigenvalue weighted by atomic mass is 10.2. The first-order chi connectivity index (χ1) is 11.8. The first kappa shape index (κ1) is 15.1. The molecule has 0 aliphatic carbocycles. The molecule has 0 atom stereocenters. The third-order valence-electron chi connectivity index (χ3n) is 4.27. The highest BCUT2D eigenvalue weighted by Gasteiger charge is 2.12. The highest BCUT2D eigenvalue weighted by Crippen LogP contribution is 2.31. The van der Waals surface area contributed by atoms with Crippen LogP contribution in [0.1, 0.15) is 5.56 Å². The predicted octanol–water partition coefficient (Wildman–Crippen LogP) is 4.21. The van der Waals surface area contributed by atoms with Crippen LogP contribution < -0.4 is 9.88 Å². The number of nitrogens with zero attached hydrogens (tertiary/aromatic N) is 2. The van der Waals surface area contributed by atoms with Gasteiger partial charge in [-0.2, -0.15) is 0 Å². The molecule has 120 valence electrons. The number of methoxy groups -OCH3 is 1. The summed E-state index contributed by atoms with van der Waals surface area (Å²) < 4.78 is 7.71. The molecule has 0 bridgehead atoms. The molecule has 2 aromatic heterocycles. The van der Waals surface area contributed by atoms with Gasteiger partial charge in [0.15, 0.2) is 0 Å². The maximum Gasteiger partial charge on any atom is 0.120 e. The Morgan fingerprint density at radius 2 is 1.88 bits per heavy atom. The van der Waals surface area contributed by atoms with Crippen LogP contribution in [0.5, 0.6) is 5.75 Å². The molecule has 0 saturated carbocycles. The Morgan fingerprint density at radius 1 is 1.04 bits per heavy atom. The Bertz CT molecular complexity index is 1010. The van der Waals surface area contributed by atoms with E-state index in [2.05, 4.69) is 52.0 Å². The van der Waals surface area contributed by atoms with E-state index in [9.17, 15) is 0 Å². The lowest BCUT2D eigenvalue weighted by Gasteiger charge is -2.09. The van der Waals surface area contributed by atoms with Crippen LogP contribution in [-0.4, -0.2) is 16.7 Å². The van der Waals surface area contributed by atoms with Crippen molar-refractivity contribution in [2.24, 2.45) is 5.14 Å². The zero-order chi connectivity index (χ0) is 16.5. The summed E-state index contributed by atoms with van der Waals surface area (Å²) in [6.45, 7) is 0.784. The minimum Gasteiger partial charge on any atom is -0.497 e. The van der Waals surface area contributed by atoms with Gasteiger partial charge in [-0.05, 0) is 47.8 Å². The molecule has 0 aliphatic rings. The topological polar surface area (TPSA) is 53.1 Å². The maximum absolute atomic E-state index is 5.61. The van der Waals surface area contributed by atoms with Crippen LogP contribution in [0.15, 0.2) is 65.8 Å². The monoisotopic (exact) mass is 335 g/mol. The average molecular weight is 335 g/mol. The molecule has 2 aromatic carbocycles. The Labute approximate surface area is 144 Å². The molecular formula is C19H17N3OS. The summed E-state index contributed by atoms with van der Waals surface area (Å²) in [5, 5.41) is 7.95. The molecule has 0 amide bonds. The van der Waals surface area contributed by atoms with Crippen LogP contribution >= 0.6 is 11.9 Å². The molecule has 0 saturated heterocycles. The van der Waals surface area contributed by atoms with E-state index in [0.29, 0.717) is 0 Å². The molecule has 5 heteroatoms. The fourth-order valence-corrected chi connectivity index (χ4v) is 3.37. The van der Waals surface area contributed by atoms with Gasteiger partial charge in [0.1, 0.15) is 5.75 Å². The average Bonchev–Trinajstić information content (AvgIpc) is 2.96. The number of ether oxygens (including phenoxy) is 1. The number of rotatable bonds is 4. The second kappa shape index (κ2) is 6.19. The van der Waals surface area contributed by atoms with Gasteiger partial charge >= 0.3 is 0 Å². The van der Waals surface area contributed by atoms with Gasteiger partial charge in [-0.3, -0.25) is 10.1 Å². The second-order valence-corrected chi connectivity index (χ2v) is 6.33. The van der Waals surface area contributed by atoms with Gasteiger partial charge in [0, 0.05) is 40.7 Å². The highest BCUT2D eigenvalue weighted by atomic mass is 32.2. The summed E-state index contributed by atoms with van der Waals surface area (Å²) in [5.74, 6) is 0.856. The van der Waals surface area contributed by atoms with Crippen LogP contribution in [0.3, 0.4) is 0 Å². The van der Waals surface area contributed by atoms with Gasteiger partial charge in [-0.15, -0.1) is 0 Å². The van der Waals surface area contributed by atoms with E-state index >= 15 is 0 Å². The van der Waals surface area contributed by atoms with Crippen molar-refractivity contribution in [2.75, 3.05) is 7.11 Å².